The normalized spacial score (nSPS) is 10.4. The number of nitrogens with zero attached hydrogens (tertiary/aromatic N) is 4. The van der Waals surface area contributed by atoms with Crippen LogP contribution in [0.2, 0.25) is 5.15 Å². The van der Waals surface area contributed by atoms with Gasteiger partial charge in [0, 0.05) is 12.6 Å². The van der Waals surface area contributed by atoms with Gasteiger partial charge in [0.1, 0.15) is 15.5 Å². The molecule has 2 rings (SSSR count). The summed E-state index contributed by atoms with van der Waals surface area (Å²) in [7, 11) is 1.74. The van der Waals surface area contributed by atoms with Crippen LogP contribution in [-0.2, 0) is 7.05 Å². The van der Waals surface area contributed by atoms with Gasteiger partial charge in [-0.1, -0.05) is 23.8 Å². The van der Waals surface area contributed by atoms with Crippen molar-refractivity contribution in [2.24, 2.45) is 7.05 Å². The number of aromatic amines is 1. The maximum Gasteiger partial charge on any atom is 0.150 e. The maximum atomic E-state index is 5.73. The summed E-state index contributed by atoms with van der Waals surface area (Å²) >= 11 is 10.8. The van der Waals surface area contributed by atoms with Crippen LogP contribution >= 0.6 is 23.8 Å². The number of halogens is 1. The van der Waals surface area contributed by atoms with E-state index >= 15 is 0 Å². The highest BCUT2D eigenvalue weighted by Gasteiger charge is 2.05. The summed E-state index contributed by atoms with van der Waals surface area (Å²) in [6, 6.07) is 1.66. The molecule has 14 heavy (non-hydrogen) atoms. The van der Waals surface area contributed by atoms with Crippen LogP contribution in [0.5, 0.6) is 0 Å². The Labute approximate surface area is 89.7 Å². The highest BCUT2D eigenvalue weighted by Crippen LogP contribution is 2.18. The van der Waals surface area contributed by atoms with Crippen molar-refractivity contribution in [2.75, 3.05) is 0 Å². The summed E-state index contributed by atoms with van der Waals surface area (Å²) in [6.07, 6.45) is 1.62. The van der Waals surface area contributed by atoms with Gasteiger partial charge in [-0.25, -0.2) is 0 Å². The largest absolute Gasteiger partial charge is 0.266 e. The molecule has 2 aromatic rings. The summed E-state index contributed by atoms with van der Waals surface area (Å²) in [5.74, 6) is 0. The van der Waals surface area contributed by atoms with Crippen LogP contribution in [0.4, 0.5) is 0 Å². The van der Waals surface area contributed by atoms with Crippen LogP contribution in [0.15, 0.2) is 12.3 Å². The Morgan fingerprint density at radius 3 is 3.00 bits per heavy atom. The minimum absolute atomic E-state index is 0.347. The van der Waals surface area contributed by atoms with Crippen molar-refractivity contribution in [1.29, 1.82) is 0 Å². The molecule has 0 bridgehead atoms. The Hall–Kier alpha value is -1.27. The van der Waals surface area contributed by atoms with Gasteiger partial charge in [-0.15, -0.1) is 0 Å². The van der Waals surface area contributed by atoms with Gasteiger partial charge in [-0.2, -0.15) is 20.1 Å². The molecule has 72 valence electrons. The lowest BCUT2D eigenvalue weighted by molar-refractivity contribution is 0.655. The zero-order valence-corrected chi connectivity index (χ0v) is 8.80. The van der Waals surface area contributed by atoms with Crippen LogP contribution in [0.25, 0.3) is 11.3 Å². The fourth-order valence-corrected chi connectivity index (χ4v) is 1.40. The van der Waals surface area contributed by atoms with Crippen molar-refractivity contribution in [3.63, 3.8) is 0 Å². The number of H-pyrrole nitrogens is 1. The first kappa shape index (κ1) is 9.29. The number of hydrogen-bond donors (Lipinski definition) is 1. The number of nitrogens with one attached hydrogen (secondary N) is 1. The Bertz CT molecular complexity index is 517. The molecule has 1 N–H and O–H groups in total. The van der Waals surface area contributed by atoms with E-state index < -0.39 is 0 Å². The molecular formula is C7H6ClN5S. The summed E-state index contributed by atoms with van der Waals surface area (Å²) < 4.78 is 0.495. The molecule has 0 amide bonds. The first-order valence-electron chi connectivity index (χ1n) is 3.79. The topological polar surface area (TPSA) is 59.4 Å². The molecule has 0 saturated carbocycles. The molecule has 0 atom stereocenters. The van der Waals surface area contributed by atoms with Crippen molar-refractivity contribution in [3.05, 3.63) is 22.1 Å². The minimum Gasteiger partial charge on any atom is -0.266 e. The average molecular weight is 228 g/mol. The van der Waals surface area contributed by atoms with E-state index in [1.807, 2.05) is 0 Å². The van der Waals surface area contributed by atoms with Gasteiger partial charge in [0.15, 0.2) is 0 Å². The second-order valence-electron chi connectivity index (χ2n) is 2.65. The smallest absolute Gasteiger partial charge is 0.150 e. The zero-order chi connectivity index (χ0) is 10.1. The van der Waals surface area contributed by atoms with E-state index in [0.29, 0.717) is 15.5 Å². The van der Waals surface area contributed by atoms with E-state index in [9.17, 15) is 0 Å². The minimum atomic E-state index is 0.347. The summed E-state index contributed by atoms with van der Waals surface area (Å²) in [4.78, 5) is 1.46. The third kappa shape index (κ3) is 1.66. The monoisotopic (exact) mass is 227 g/mol. The second-order valence-corrected chi connectivity index (χ2v) is 3.45. The fraction of sp³-hybridized carbons (Fsp3) is 0.143. The Morgan fingerprint density at radius 2 is 2.36 bits per heavy atom. The van der Waals surface area contributed by atoms with Gasteiger partial charge < -0.3 is 0 Å². The average Bonchev–Trinajstić information content (AvgIpc) is 2.56. The van der Waals surface area contributed by atoms with Crippen LogP contribution < -0.4 is 0 Å². The van der Waals surface area contributed by atoms with E-state index in [1.54, 1.807) is 19.3 Å². The predicted octanol–water partition coefficient (Wildman–Crippen LogP) is 1.59. The van der Waals surface area contributed by atoms with Crippen LogP contribution in [0.1, 0.15) is 0 Å². The fourth-order valence-electron chi connectivity index (χ4n) is 1.04. The standard InChI is InChI=1S/C7H6ClN5S/c1-13-9-3-5(12-13)4-2-6(8)10-11-7(4)14/h2-3H,1H3,(H,11,14). The Balaban J connectivity index is 2.61. The van der Waals surface area contributed by atoms with E-state index in [1.165, 1.54) is 4.80 Å². The van der Waals surface area contributed by atoms with E-state index in [4.69, 9.17) is 23.8 Å². The number of aryl methyl sites for hydroxylation is 1. The van der Waals surface area contributed by atoms with Crippen molar-refractivity contribution in [1.82, 2.24) is 25.2 Å². The highest BCUT2D eigenvalue weighted by atomic mass is 35.5. The van der Waals surface area contributed by atoms with Gasteiger partial charge >= 0.3 is 0 Å². The molecule has 2 heterocycles. The molecule has 0 aliphatic rings. The summed E-state index contributed by atoms with van der Waals surface area (Å²) in [5, 5.41) is 14.8. The van der Waals surface area contributed by atoms with Gasteiger partial charge in [-0.05, 0) is 6.07 Å². The van der Waals surface area contributed by atoms with E-state index in [0.717, 1.165) is 5.56 Å². The molecule has 0 fully saturated rings. The highest BCUT2D eigenvalue weighted by molar-refractivity contribution is 7.71. The Morgan fingerprint density at radius 1 is 1.57 bits per heavy atom. The van der Waals surface area contributed by atoms with E-state index in [2.05, 4.69) is 20.4 Å². The quantitative estimate of drug-likeness (QED) is 0.752. The number of rotatable bonds is 1. The molecule has 0 unspecified atom stereocenters. The van der Waals surface area contributed by atoms with Crippen molar-refractivity contribution < 1.29 is 0 Å². The molecule has 0 aromatic carbocycles. The van der Waals surface area contributed by atoms with Crippen molar-refractivity contribution in [3.8, 4) is 11.3 Å². The summed E-state index contributed by atoms with van der Waals surface area (Å²) in [6.45, 7) is 0. The van der Waals surface area contributed by atoms with Crippen LogP contribution in [-0.4, -0.2) is 25.2 Å². The van der Waals surface area contributed by atoms with Crippen LogP contribution in [0, 0.1) is 4.64 Å². The predicted molar refractivity (Wildman–Crippen MR) is 54.4 cm³/mol. The molecule has 7 heteroatoms. The second kappa shape index (κ2) is 3.47. The van der Waals surface area contributed by atoms with Crippen LogP contribution in [0.3, 0.4) is 0 Å². The molecule has 0 aliphatic heterocycles. The summed E-state index contributed by atoms with van der Waals surface area (Å²) in [5.41, 5.74) is 1.41. The number of hydrogen-bond acceptors (Lipinski definition) is 4. The molecule has 5 nitrogen and oxygen atoms in total. The Kier molecular flexibility index (Phi) is 2.30. The first-order valence-corrected chi connectivity index (χ1v) is 4.57. The number of aromatic nitrogens is 5. The lowest BCUT2D eigenvalue weighted by atomic mass is 10.2. The lowest BCUT2D eigenvalue weighted by Crippen LogP contribution is -1.93. The molecule has 2 aromatic heterocycles. The molecule has 0 saturated heterocycles. The maximum absolute atomic E-state index is 5.73. The first-order chi connectivity index (χ1) is 6.66. The molecule has 0 aliphatic carbocycles. The molecular weight excluding hydrogens is 222 g/mol. The third-order valence-corrected chi connectivity index (χ3v) is 2.15. The third-order valence-electron chi connectivity index (χ3n) is 1.65. The SMILES string of the molecule is Cn1ncc(-c2cc(Cl)n[nH]c2=S)n1. The van der Waals surface area contributed by atoms with Gasteiger partial charge in [0.05, 0.1) is 6.20 Å². The van der Waals surface area contributed by atoms with Crippen molar-refractivity contribution >= 4 is 23.8 Å². The molecule has 0 radical (unpaired) electrons. The van der Waals surface area contributed by atoms with Gasteiger partial charge in [0.25, 0.3) is 0 Å². The van der Waals surface area contributed by atoms with Crippen molar-refractivity contribution in [2.45, 2.75) is 0 Å². The zero-order valence-electron chi connectivity index (χ0n) is 7.23. The van der Waals surface area contributed by atoms with E-state index in [-0.39, 0.29) is 0 Å². The van der Waals surface area contributed by atoms with Gasteiger partial charge in [-0.3, -0.25) is 5.10 Å². The lowest BCUT2D eigenvalue weighted by Gasteiger charge is -1.95. The molecule has 0 spiro atoms. The van der Waals surface area contributed by atoms with Gasteiger partial charge in [0.2, 0.25) is 0 Å².